The maximum absolute atomic E-state index is 13.5. The van der Waals surface area contributed by atoms with Gasteiger partial charge < -0.3 is 9.64 Å². The van der Waals surface area contributed by atoms with Gasteiger partial charge in [-0.3, -0.25) is 9.48 Å². The number of carbonyl (C=O) groups excluding carboxylic acids is 1. The first kappa shape index (κ1) is 19.2. The molecule has 0 aliphatic carbocycles. The number of fused-ring (bicyclic) bond motifs is 2. The van der Waals surface area contributed by atoms with Crippen LogP contribution in [0.2, 0.25) is 0 Å². The van der Waals surface area contributed by atoms with Gasteiger partial charge in [0.05, 0.1) is 16.6 Å². The predicted molar refractivity (Wildman–Crippen MR) is 99.3 cm³/mol. The molecule has 1 amide bonds. The predicted octanol–water partition coefficient (Wildman–Crippen LogP) is 3.26. The average Bonchev–Trinajstić information content (AvgIpc) is 2.98. The lowest BCUT2D eigenvalue weighted by Gasteiger charge is -2.28. The van der Waals surface area contributed by atoms with Crippen LogP contribution in [0, 0.1) is 6.92 Å². The summed E-state index contributed by atoms with van der Waals surface area (Å²) in [6, 6.07) is 8.69. The van der Waals surface area contributed by atoms with E-state index >= 15 is 0 Å². The summed E-state index contributed by atoms with van der Waals surface area (Å²) < 4.78 is 47.2. The van der Waals surface area contributed by atoms with Crippen molar-refractivity contribution < 1.29 is 22.7 Å². The van der Waals surface area contributed by atoms with Gasteiger partial charge in [-0.05, 0) is 24.5 Å². The maximum atomic E-state index is 13.5. The van der Waals surface area contributed by atoms with E-state index in [4.69, 9.17) is 4.74 Å². The summed E-state index contributed by atoms with van der Waals surface area (Å²) in [4.78, 5) is 18.3. The second kappa shape index (κ2) is 7.06. The first-order valence-corrected chi connectivity index (χ1v) is 9.13. The third-order valence-corrected chi connectivity index (χ3v) is 5.08. The highest BCUT2D eigenvalue weighted by Crippen LogP contribution is 2.37. The number of nitrogens with zero attached hydrogens (tertiary/aromatic N) is 4. The van der Waals surface area contributed by atoms with Crippen molar-refractivity contribution in [3.8, 4) is 5.88 Å². The Morgan fingerprint density at radius 1 is 1.24 bits per heavy atom. The van der Waals surface area contributed by atoms with Crippen LogP contribution in [-0.4, -0.2) is 38.7 Å². The average molecular weight is 404 g/mol. The monoisotopic (exact) mass is 404 g/mol. The third-order valence-electron chi connectivity index (χ3n) is 5.08. The van der Waals surface area contributed by atoms with Crippen LogP contribution in [0.1, 0.15) is 22.4 Å². The quantitative estimate of drug-likeness (QED) is 0.672. The van der Waals surface area contributed by atoms with Gasteiger partial charge in [0.15, 0.2) is 12.3 Å². The number of benzene rings is 1. The fourth-order valence-electron chi connectivity index (χ4n) is 3.65. The van der Waals surface area contributed by atoms with Gasteiger partial charge in [-0.1, -0.05) is 24.3 Å². The van der Waals surface area contributed by atoms with Gasteiger partial charge in [-0.15, -0.1) is 0 Å². The molecule has 0 spiro atoms. The molecule has 0 unspecified atom stereocenters. The summed E-state index contributed by atoms with van der Waals surface area (Å²) in [7, 11) is 1.52. The normalized spacial score (nSPS) is 14.2. The summed E-state index contributed by atoms with van der Waals surface area (Å²) in [5, 5.41) is 3.96. The molecule has 6 nitrogen and oxygen atoms in total. The molecule has 1 aliphatic heterocycles. The molecule has 0 radical (unpaired) electrons. The Morgan fingerprint density at radius 2 is 1.97 bits per heavy atom. The number of hydrogen-bond donors (Lipinski definition) is 0. The van der Waals surface area contributed by atoms with E-state index < -0.39 is 11.7 Å². The fourth-order valence-corrected chi connectivity index (χ4v) is 3.65. The number of halogens is 3. The molecule has 4 rings (SSSR count). The minimum Gasteiger partial charge on any atom is -0.467 e. The van der Waals surface area contributed by atoms with Gasteiger partial charge in [-0.2, -0.15) is 23.3 Å². The second-order valence-electron chi connectivity index (χ2n) is 7.04. The molecule has 152 valence electrons. The molecule has 3 heterocycles. The molecule has 0 saturated heterocycles. The number of amides is 1. The summed E-state index contributed by atoms with van der Waals surface area (Å²) in [6.07, 6.45) is -3.85. The van der Waals surface area contributed by atoms with Crippen LogP contribution in [0.5, 0.6) is 5.88 Å². The zero-order chi connectivity index (χ0) is 20.8. The van der Waals surface area contributed by atoms with Gasteiger partial charge in [0.25, 0.3) is 5.91 Å². The number of rotatable bonds is 3. The Bertz CT molecular complexity index is 1090. The molecule has 0 fully saturated rings. The summed E-state index contributed by atoms with van der Waals surface area (Å²) in [6.45, 7) is 2.12. The lowest BCUT2D eigenvalue weighted by atomic mass is 10.00. The summed E-state index contributed by atoms with van der Waals surface area (Å²) in [5.74, 6) is -0.547. The van der Waals surface area contributed by atoms with Crippen molar-refractivity contribution in [2.75, 3.05) is 13.2 Å². The summed E-state index contributed by atoms with van der Waals surface area (Å²) >= 11 is 0. The van der Waals surface area contributed by atoms with Gasteiger partial charge in [0.1, 0.15) is 0 Å². The highest BCUT2D eigenvalue weighted by atomic mass is 19.4. The van der Waals surface area contributed by atoms with Gasteiger partial charge in [0.2, 0.25) is 5.88 Å². The van der Waals surface area contributed by atoms with E-state index in [0.717, 1.165) is 18.1 Å². The number of aryl methyl sites for hydroxylation is 2. The van der Waals surface area contributed by atoms with E-state index in [1.54, 1.807) is 4.90 Å². The van der Waals surface area contributed by atoms with Crippen LogP contribution in [0.25, 0.3) is 11.0 Å². The first-order chi connectivity index (χ1) is 13.7. The number of hydrogen-bond acceptors (Lipinski definition) is 4. The number of pyridine rings is 1. The molecule has 1 aliphatic rings. The fraction of sp³-hybridized carbons (Fsp3) is 0.350. The largest absolute Gasteiger partial charge is 0.467 e. The van der Waals surface area contributed by atoms with Crippen LogP contribution >= 0.6 is 0 Å². The molecule has 9 heteroatoms. The molecule has 0 saturated carbocycles. The van der Waals surface area contributed by atoms with E-state index in [-0.39, 0.29) is 35.1 Å². The molecule has 1 aromatic carbocycles. The molecule has 3 aromatic rings. The molecular weight excluding hydrogens is 385 g/mol. The summed E-state index contributed by atoms with van der Waals surface area (Å²) in [5.41, 5.74) is 1.69. The molecule has 0 atom stereocenters. The van der Waals surface area contributed by atoms with Crippen molar-refractivity contribution in [2.45, 2.75) is 26.1 Å². The lowest BCUT2D eigenvalue weighted by molar-refractivity contribution is -0.136. The minimum absolute atomic E-state index is 0.0617. The van der Waals surface area contributed by atoms with Crippen molar-refractivity contribution in [1.82, 2.24) is 19.7 Å². The van der Waals surface area contributed by atoms with Crippen molar-refractivity contribution in [1.29, 1.82) is 0 Å². The Kier molecular flexibility index (Phi) is 4.68. The Hall–Kier alpha value is -3.10. The van der Waals surface area contributed by atoms with Crippen LogP contribution in [0.4, 0.5) is 13.2 Å². The maximum Gasteiger partial charge on any atom is 0.417 e. The van der Waals surface area contributed by atoms with Crippen LogP contribution in [0.15, 0.2) is 30.3 Å². The zero-order valence-electron chi connectivity index (χ0n) is 16.0. The highest BCUT2D eigenvalue weighted by molar-refractivity contribution is 5.83. The first-order valence-electron chi connectivity index (χ1n) is 9.13. The van der Waals surface area contributed by atoms with E-state index in [1.807, 2.05) is 24.3 Å². The van der Waals surface area contributed by atoms with E-state index in [9.17, 15) is 18.0 Å². The molecule has 29 heavy (non-hydrogen) atoms. The Labute approximate surface area is 164 Å². The zero-order valence-corrected chi connectivity index (χ0v) is 16.0. The van der Waals surface area contributed by atoms with Crippen LogP contribution in [-0.2, 0) is 31.0 Å². The standard InChI is InChI=1S/C20H19F3N4O2/c1-12-18-15(20(21,22)23)9-16(24-19(18)26(2)25-12)29-11-17(28)27-8-7-13-5-3-4-6-14(13)10-27/h3-6,9H,7-8,10-11H2,1-2H3. The molecule has 2 aromatic heterocycles. The van der Waals surface area contributed by atoms with E-state index in [0.29, 0.717) is 13.1 Å². The van der Waals surface area contributed by atoms with Crippen molar-refractivity contribution >= 4 is 16.9 Å². The van der Waals surface area contributed by atoms with Crippen molar-refractivity contribution in [3.05, 3.63) is 52.7 Å². The van der Waals surface area contributed by atoms with Crippen molar-refractivity contribution in [2.24, 2.45) is 7.05 Å². The lowest BCUT2D eigenvalue weighted by Crippen LogP contribution is -2.38. The van der Waals surface area contributed by atoms with Gasteiger partial charge in [-0.25, -0.2) is 0 Å². The topological polar surface area (TPSA) is 60.2 Å². The molecular formula is C20H19F3N4O2. The SMILES string of the molecule is Cc1nn(C)c2nc(OCC(=O)N3CCc4ccccc4C3)cc(C(F)(F)F)c12. The highest BCUT2D eigenvalue weighted by Gasteiger charge is 2.35. The van der Waals surface area contributed by atoms with Crippen LogP contribution in [0.3, 0.4) is 0 Å². The Balaban J connectivity index is 1.54. The number of aromatic nitrogens is 3. The van der Waals surface area contributed by atoms with E-state index in [1.165, 1.54) is 24.2 Å². The van der Waals surface area contributed by atoms with Gasteiger partial charge in [0, 0.05) is 26.2 Å². The van der Waals surface area contributed by atoms with Crippen LogP contribution < -0.4 is 4.74 Å². The molecule has 0 bridgehead atoms. The number of carbonyl (C=O) groups is 1. The number of alkyl halides is 3. The third kappa shape index (κ3) is 3.64. The van der Waals surface area contributed by atoms with Gasteiger partial charge >= 0.3 is 6.18 Å². The van der Waals surface area contributed by atoms with Crippen molar-refractivity contribution in [3.63, 3.8) is 0 Å². The second-order valence-corrected chi connectivity index (χ2v) is 7.04. The Morgan fingerprint density at radius 3 is 2.69 bits per heavy atom. The van der Waals surface area contributed by atoms with E-state index in [2.05, 4.69) is 10.1 Å². The number of ether oxygens (including phenoxy) is 1. The smallest absolute Gasteiger partial charge is 0.417 e. The minimum atomic E-state index is -4.59. The molecule has 0 N–H and O–H groups in total.